The van der Waals surface area contributed by atoms with Gasteiger partial charge in [-0.15, -0.1) is 0 Å². The van der Waals surface area contributed by atoms with Crippen molar-refractivity contribution in [3.8, 4) is 17.0 Å². The number of ether oxygens (including phenoxy) is 1. The van der Waals surface area contributed by atoms with Gasteiger partial charge in [-0.25, -0.2) is 4.39 Å². The summed E-state index contributed by atoms with van der Waals surface area (Å²) < 4.78 is 18.6. The second-order valence-corrected chi connectivity index (χ2v) is 7.16. The van der Waals surface area contributed by atoms with E-state index in [0.29, 0.717) is 19.4 Å². The van der Waals surface area contributed by atoms with Crippen LogP contribution in [-0.2, 0) is 17.8 Å². The predicted octanol–water partition coefficient (Wildman–Crippen LogP) is 5.23. The molecule has 4 aromatic rings. The Morgan fingerprint density at radius 1 is 1.03 bits per heavy atom. The summed E-state index contributed by atoms with van der Waals surface area (Å²) >= 11 is 0. The molecule has 0 spiro atoms. The Kier molecular flexibility index (Phi) is 5.80. The highest BCUT2D eigenvalue weighted by molar-refractivity contribution is 5.91. The summed E-state index contributed by atoms with van der Waals surface area (Å²) in [5, 5.41) is 4.05. The van der Waals surface area contributed by atoms with Gasteiger partial charge in [0.1, 0.15) is 11.6 Å². The Labute approximate surface area is 174 Å². The first kappa shape index (κ1) is 19.7. The molecule has 0 fully saturated rings. The number of aromatic nitrogens is 1. The van der Waals surface area contributed by atoms with Crippen LogP contribution >= 0.6 is 0 Å². The summed E-state index contributed by atoms with van der Waals surface area (Å²) in [5.74, 6) is 0.478. The molecule has 1 amide bonds. The molecule has 0 atom stereocenters. The lowest BCUT2D eigenvalue weighted by Crippen LogP contribution is -2.23. The molecule has 0 aliphatic rings. The van der Waals surface area contributed by atoms with Crippen LogP contribution in [0, 0.1) is 5.82 Å². The van der Waals surface area contributed by atoms with E-state index in [-0.39, 0.29) is 11.7 Å². The Morgan fingerprint density at radius 2 is 1.83 bits per heavy atom. The van der Waals surface area contributed by atoms with E-state index in [0.717, 1.165) is 39.0 Å². The van der Waals surface area contributed by atoms with E-state index in [9.17, 15) is 9.18 Å². The number of carbonyl (C=O) groups is 1. The van der Waals surface area contributed by atoms with Crippen LogP contribution in [0.4, 0.5) is 4.39 Å². The molecule has 4 rings (SSSR count). The number of hydrogen-bond donors (Lipinski definition) is 2. The van der Waals surface area contributed by atoms with Crippen molar-refractivity contribution in [2.45, 2.75) is 19.4 Å². The number of rotatable bonds is 7. The molecule has 0 aliphatic heterocycles. The van der Waals surface area contributed by atoms with Gasteiger partial charge in [-0.05, 0) is 65.6 Å². The third-order valence-corrected chi connectivity index (χ3v) is 5.17. The minimum atomic E-state index is -0.270. The van der Waals surface area contributed by atoms with Crippen molar-refractivity contribution in [3.63, 3.8) is 0 Å². The number of amides is 1. The molecule has 5 heteroatoms. The van der Waals surface area contributed by atoms with Crippen LogP contribution in [0.2, 0.25) is 0 Å². The van der Waals surface area contributed by atoms with Gasteiger partial charge in [0.25, 0.3) is 0 Å². The molecule has 30 heavy (non-hydrogen) atoms. The first-order valence-electron chi connectivity index (χ1n) is 9.89. The van der Waals surface area contributed by atoms with Crippen molar-refractivity contribution in [1.29, 1.82) is 0 Å². The van der Waals surface area contributed by atoms with Gasteiger partial charge in [-0.3, -0.25) is 4.79 Å². The smallest absolute Gasteiger partial charge is 0.220 e. The summed E-state index contributed by atoms with van der Waals surface area (Å²) in [6, 6.07) is 22.1. The van der Waals surface area contributed by atoms with Gasteiger partial charge < -0.3 is 15.0 Å². The molecule has 4 nitrogen and oxygen atoms in total. The number of fused-ring (bicyclic) bond motifs is 1. The average molecular weight is 402 g/mol. The monoisotopic (exact) mass is 402 g/mol. The second-order valence-electron chi connectivity index (χ2n) is 7.16. The maximum Gasteiger partial charge on any atom is 0.220 e. The number of hydrogen-bond acceptors (Lipinski definition) is 2. The molecule has 1 aromatic heterocycles. The molecule has 0 saturated carbocycles. The fraction of sp³-hybridized carbons (Fsp3) is 0.160. The maximum absolute atomic E-state index is 13.4. The first-order chi connectivity index (χ1) is 14.6. The molecule has 0 bridgehead atoms. The van der Waals surface area contributed by atoms with Crippen LogP contribution in [-0.4, -0.2) is 18.0 Å². The number of nitrogens with one attached hydrogen (secondary N) is 2. The van der Waals surface area contributed by atoms with Crippen LogP contribution in [0.25, 0.3) is 22.2 Å². The zero-order chi connectivity index (χ0) is 20.9. The fourth-order valence-electron chi connectivity index (χ4n) is 3.63. The molecular formula is C25H23FN2O2. The van der Waals surface area contributed by atoms with Crippen molar-refractivity contribution in [3.05, 3.63) is 89.7 Å². The van der Waals surface area contributed by atoms with Gasteiger partial charge >= 0.3 is 0 Å². The summed E-state index contributed by atoms with van der Waals surface area (Å²) in [7, 11) is 1.62. The average Bonchev–Trinajstić information content (AvgIpc) is 3.15. The van der Waals surface area contributed by atoms with Crippen LogP contribution in [0.5, 0.6) is 5.75 Å². The third kappa shape index (κ3) is 4.35. The SMILES string of the molecule is COc1cccc(CNC(=O)CCc2c(-c3ccc(F)cc3)[nH]c3ccccc23)c1. The largest absolute Gasteiger partial charge is 0.497 e. The molecular weight excluding hydrogens is 379 g/mol. The van der Waals surface area contributed by atoms with Gasteiger partial charge in [0.2, 0.25) is 5.91 Å². The predicted molar refractivity (Wildman–Crippen MR) is 117 cm³/mol. The van der Waals surface area contributed by atoms with E-state index >= 15 is 0 Å². The lowest BCUT2D eigenvalue weighted by atomic mass is 10.0. The zero-order valence-corrected chi connectivity index (χ0v) is 16.7. The van der Waals surface area contributed by atoms with Gasteiger partial charge in [0.05, 0.1) is 7.11 Å². The Morgan fingerprint density at radius 3 is 2.63 bits per heavy atom. The van der Waals surface area contributed by atoms with Crippen LogP contribution in [0.3, 0.4) is 0 Å². The summed E-state index contributed by atoms with van der Waals surface area (Å²) in [5.41, 5.74) is 4.88. The highest BCUT2D eigenvalue weighted by Gasteiger charge is 2.14. The van der Waals surface area contributed by atoms with Gasteiger partial charge in [0, 0.05) is 29.6 Å². The maximum atomic E-state index is 13.4. The normalized spacial score (nSPS) is 10.9. The summed E-state index contributed by atoms with van der Waals surface area (Å²) in [6.07, 6.45) is 0.945. The van der Waals surface area contributed by atoms with E-state index in [2.05, 4.69) is 10.3 Å². The number of halogens is 1. The van der Waals surface area contributed by atoms with Crippen molar-refractivity contribution >= 4 is 16.8 Å². The summed E-state index contributed by atoms with van der Waals surface area (Å²) in [6.45, 7) is 0.453. The number of para-hydroxylation sites is 1. The molecule has 152 valence electrons. The number of aromatic amines is 1. The van der Waals surface area contributed by atoms with Crippen molar-refractivity contribution in [1.82, 2.24) is 10.3 Å². The fourth-order valence-corrected chi connectivity index (χ4v) is 3.63. The van der Waals surface area contributed by atoms with E-state index in [4.69, 9.17) is 4.74 Å². The van der Waals surface area contributed by atoms with E-state index in [1.165, 1.54) is 12.1 Å². The summed E-state index contributed by atoms with van der Waals surface area (Å²) in [4.78, 5) is 15.9. The quantitative estimate of drug-likeness (QED) is 0.445. The van der Waals surface area contributed by atoms with E-state index in [1.807, 2.05) is 48.5 Å². The second kappa shape index (κ2) is 8.82. The zero-order valence-electron chi connectivity index (χ0n) is 16.7. The van der Waals surface area contributed by atoms with Crippen molar-refractivity contribution in [2.75, 3.05) is 7.11 Å². The standard InChI is InChI=1S/C25H23FN2O2/c1-30-20-6-4-5-17(15-20)16-27-24(29)14-13-22-21-7-2-3-8-23(21)28-25(22)18-9-11-19(26)12-10-18/h2-12,15,28H,13-14,16H2,1H3,(H,27,29). The van der Waals surface area contributed by atoms with Crippen molar-refractivity contribution < 1.29 is 13.9 Å². The number of benzene rings is 3. The first-order valence-corrected chi connectivity index (χ1v) is 9.89. The molecule has 0 radical (unpaired) electrons. The van der Waals surface area contributed by atoms with Crippen molar-refractivity contribution in [2.24, 2.45) is 0 Å². The molecule has 3 aromatic carbocycles. The lowest BCUT2D eigenvalue weighted by Gasteiger charge is -2.08. The highest BCUT2D eigenvalue weighted by atomic mass is 19.1. The highest BCUT2D eigenvalue weighted by Crippen LogP contribution is 2.31. The van der Waals surface area contributed by atoms with Gasteiger partial charge in [-0.1, -0.05) is 30.3 Å². The third-order valence-electron chi connectivity index (χ3n) is 5.17. The Bertz CT molecular complexity index is 1170. The molecule has 0 unspecified atom stereocenters. The number of H-pyrrole nitrogens is 1. The van der Waals surface area contributed by atoms with Crippen LogP contribution < -0.4 is 10.1 Å². The van der Waals surface area contributed by atoms with E-state index in [1.54, 1.807) is 19.2 Å². The topological polar surface area (TPSA) is 54.1 Å². The number of methoxy groups -OCH3 is 1. The Balaban J connectivity index is 1.49. The van der Waals surface area contributed by atoms with Gasteiger partial charge in [0.15, 0.2) is 0 Å². The minimum Gasteiger partial charge on any atom is -0.497 e. The number of carbonyl (C=O) groups excluding carboxylic acids is 1. The molecule has 1 heterocycles. The van der Waals surface area contributed by atoms with E-state index < -0.39 is 0 Å². The molecule has 0 aliphatic carbocycles. The molecule has 0 saturated heterocycles. The lowest BCUT2D eigenvalue weighted by molar-refractivity contribution is -0.121. The minimum absolute atomic E-state index is 0.0202. The number of aryl methyl sites for hydroxylation is 1. The molecule has 2 N–H and O–H groups in total. The Hall–Kier alpha value is -3.60. The van der Waals surface area contributed by atoms with Crippen LogP contribution in [0.1, 0.15) is 17.5 Å². The van der Waals surface area contributed by atoms with Crippen LogP contribution in [0.15, 0.2) is 72.8 Å². The van der Waals surface area contributed by atoms with Gasteiger partial charge in [-0.2, -0.15) is 0 Å².